The van der Waals surface area contributed by atoms with Gasteiger partial charge in [0.15, 0.2) is 0 Å². The maximum Gasteiger partial charge on any atom is 0.0961 e. The summed E-state index contributed by atoms with van der Waals surface area (Å²) < 4.78 is 6.14. The van der Waals surface area contributed by atoms with Crippen molar-refractivity contribution in [1.29, 1.82) is 0 Å². The van der Waals surface area contributed by atoms with E-state index in [-0.39, 0.29) is 5.60 Å². The lowest BCUT2D eigenvalue weighted by Crippen LogP contribution is -2.64. The molecule has 16 heavy (non-hydrogen) atoms. The lowest BCUT2D eigenvalue weighted by Gasteiger charge is -2.51. The first-order valence-electron chi connectivity index (χ1n) is 5.99. The number of rotatable bonds is 4. The van der Waals surface area contributed by atoms with Crippen LogP contribution in [0.15, 0.2) is 30.3 Å². The zero-order valence-corrected chi connectivity index (χ0v) is 10.4. The van der Waals surface area contributed by atoms with E-state index in [1.54, 1.807) is 0 Å². The highest BCUT2D eigenvalue weighted by molar-refractivity contribution is 5.14. The Morgan fingerprint density at radius 3 is 2.38 bits per heavy atom. The molecule has 1 aliphatic rings. The van der Waals surface area contributed by atoms with Gasteiger partial charge in [-0.25, -0.2) is 0 Å². The molecule has 1 aromatic carbocycles. The first-order valence-corrected chi connectivity index (χ1v) is 5.99. The summed E-state index contributed by atoms with van der Waals surface area (Å²) in [6, 6.07) is 10.4. The predicted octanol–water partition coefficient (Wildman–Crippen LogP) is 2.54. The first-order chi connectivity index (χ1) is 7.62. The van der Waals surface area contributed by atoms with E-state index in [1.165, 1.54) is 5.56 Å². The van der Waals surface area contributed by atoms with E-state index in [4.69, 9.17) is 4.74 Å². The summed E-state index contributed by atoms with van der Waals surface area (Å²) in [7, 11) is 2.15. The van der Waals surface area contributed by atoms with Crippen LogP contribution >= 0.6 is 0 Å². The number of hydrogen-bond acceptors (Lipinski definition) is 2. The Balaban J connectivity index is 1.93. The van der Waals surface area contributed by atoms with E-state index in [2.05, 4.69) is 50.1 Å². The van der Waals surface area contributed by atoms with Gasteiger partial charge in [0.2, 0.25) is 0 Å². The molecule has 1 aromatic rings. The van der Waals surface area contributed by atoms with Gasteiger partial charge in [-0.2, -0.15) is 0 Å². The van der Waals surface area contributed by atoms with Gasteiger partial charge < -0.3 is 9.64 Å². The molecule has 88 valence electrons. The van der Waals surface area contributed by atoms with Crippen LogP contribution in [-0.4, -0.2) is 30.6 Å². The smallest absolute Gasteiger partial charge is 0.0961 e. The minimum absolute atomic E-state index is 0.0740. The van der Waals surface area contributed by atoms with Crippen LogP contribution in [0.3, 0.4) is 0 Å². The molecule has 0 radical (unpaired) electrons. The van der Waals surface area contributed by atoms with Crippen LogP contribution in [0.4, 0.5) is 0 Å². The number of likely N-dealkylation sites (N-methyl/N-ethyl adjacent to an activating group) is 1. The van der Waals surface area contributed by atoms with Gasteiger partial charge in [0, 0.05) is 13.1 Å². The lowest BCUT2D eigenvalue weighted by molar-refractivity contribution is -0.170. The zero-order chi connectivity index (χ0) is 11.6. The molecule has 0 spiro atoms. The maximum absolute atomic E-state index is 6.14. The molecule has 1 aliphatic heterocycles. The fraction of sp³-hybridized carbons (Fsp3) is 0.571. The van der Waals surface area contributed by atoms with E-state index in [9.17, 15) is 0 Å². The molecule has 2 heteroatoms. The van der Waals surface area contributed by atoms with Crippen molar-refractivity contribution in [2.75, 3.05) is 20.1 Å². The summed E-state index contributed by atoms with van der Waals surface area (Å²) >= 11 is 0. The van der Waals surface area contributed by atoms with Gasteiger partial charge in [-0.1, -0.05) is 44.2 Å². The second-order valence-electron chi connectivity index (χ2n) is 5.17. The third kappa shape index (κ3) is 2.28. The molecule has 0 N–H and O–H groups in total. The highest BCUT2D eigenvalue weighted by Gasteiger charge is 2.44. The maximum atomic E-state index is 6.14. The second-order valence-corrected chi connectivity index (χ2v) is 5.17. The van der Waals surface area contributed by atoms with Gasteiger partial charge in [0.1, 0.15) is 0 Å². The van der Waals surface area contributed by atoms with E-state index in [0.717, 1.165) is 19.7 Å². The number of likely N-dealkylation sites (tertiary alicyclic amines) is 1. The third-order valence-electron chi connectivity index (χ3n) is 3.50. The molecule has 2 nitrogen and oxygen atoms in total. The van der Waals surface area contributed by atoms with Crippen LogP contribution in [0.2, 0.25) is 0 Å². The van der Waals surface area contributed by atoms with Crippen molar-refractivity contribution in [3.8, 4) is 0 Å². The van der Waals surface area contributed by atoms with Crippen molar-refractivity contribution in [1.82, 2.24) is 4.90 Å². The molecule has 0 atom stereocenters. The molecule has 0 aromatic heterocycles. The molecule has 0 amide bonds. The molecule has 1 saturated heterocycles. The Morgan fingerprint density at radius 2 is 1.88 bits per heavy atom. The van der Waals surface area contributed by atoms with E-state index < -0.39 is 0 Å². The van der Waals surface area contributed by atoms with Crippen LogP contribution in [-0.2, 0) is 11.3 Å². The van der Waals surface area contributed by atoms with Crippen molar-refractivity contribution < 1.29 is 4.74 Å². The zero-order valence-electron chi connectivity index (χ0n) is 10.4. The summed E-state index contributed by atoms with van der Waals surface area (Å²) in [6.07, 6.45) is 0. The molecular formula is C14H21NO. The topological polar surface area (TPSA) is 12.5 Å². The van der Waals surface area contributed by atoms with Crippen molar-refractivity contribution in [2.45, 2.75) is 26.1 Å². The Hall–Kier alpha value is -0.860. The molecule has 1 fully saturated rings. The lowest BCUT2D eigenvalue weighted by atomic mass is 9.83. The quantitative estimate of drug-likeness (QED) is 0.771. The Bertz CT molecular complexity index is 328. The van der Waals surface area contributed by atoms with E-state index in [0.29, 0.717) is 5.92 Å². The molecule has 0 aliphatic carbocycles. The van der Waals surface area contributed by atoms with Crippen molar-refractivity contribution in [2.24, 2.45) is 5.92 Å². The average molecular weight is 219 g/mol. The predicted molar refractivity (Wildman–Crippen MR) is 66.3 cm³/mol. The molecular weight excluding hydrogens is 198 g/mol. The molecule has 0 unspecified atom stereocenters. The minimum atomic E-state index is 0.0740. The largest absolute Gasteiger partial charge is 0.367 e. The fourth-order valence-electron chi connectivity index (χ4n) is 2.29. The van der Waals surface area contributed by atoms with Crippen LogP contribution in [0.1, 0.15) is 19.4 Å². The number of benzene rings is 1. The van der Waals surface area contributed by atoms with Crippen LogP contribution < -0.4 is 0 Å². The summed E-state index contributed by atoms with van der Waals surface area (Å²) in [4.78, 5) is 2.31. The van der Waals surface area contributed by atoms with Gasteiger partial charge >= 0.3 is 0 Å². The Labute approximate surface area is 98.2 Å². The third-order valence-corrected chi connectivity index (χ3v) is 3.50. The normalized spacial score (nSPS) is 19.8. The SMILES string of the molecule is CC(C)C1(OCc2ccccc2)CN(C)C1. The summed E-state index contributed by atoms with van der Waals surface area (Å²) in [5.41, 5.74) is 1.34. The second kappa shape index (κ2) is 4.56. The van der Waals surface area contributed by atoms with Gasteiger partial charge in [-0.3, -0.25) is 0 Å². The number of hydrogen-bond donors (Lipinski definition) is 0. The van der Waals surface area contributed by atoms with Gasteiger partial charge in [0.05, 0.1) is 12.2 Å². The highest BCUT2D eigenvalue weighted by atomic mass is 16.5. The summed E-state index contributed by atoms with van der Waals surface area (Å²) in [5, 5.41) is 0. The minimum Gasteiger partial charge on any atom is -0.367 e. The average Bonchev–Trinajstić information content (AvgIpc) is 2.23. The van der Waals surface area contributed by atoms with Crippen molar-refractivity contribution >= 4 is 0 Å². The van der Waals surface area contributed by atoms with Crippen LogP contribution in [0, 0.1) is 5.92 Å². The van der Waals surface area contributed by atoms with Gasteiger partial charge in [0.25, 0.3) is 0 Å². The standard InChI is InChI=1S/C14H21NO/c1-12(2)14(10-15(3)11-14)16-9-13-7-5-4-6-8-13/h4-8,12H,9-11H2,1-3H3. The first kappa shape index (κ1) is 11.6. The Morgan fingerprint density at radius 1 is 1.25 bits per heavy atom. The molecule has 0 saturated carbocycles. The van der Waals surface area contributed by atoms with Crippen molar-refractivity contribution in [3.63, 3.8) is 0 Å². The molecule has 0 bridgehead atoms. The number of ether oxygens (including phenoxy) is 1. The van der Waals surface area contributed by atoms with Crippen molar-refractivity contribution in [3.05, 3.63) is 35.9 Å². The molecule has 2 rings (SSSR count). The summed E-state index contributed by atoms with van der Waals surface area (Å²) in [5.74, 6) is 0.576. The van der Waals surface area contributed by atoms with E-state index in [1.807, 2.05) is 6.07 Å². The summed E-state index contributed by atoms with van der Waals surface area (Å²) in [6.45, 7) is 7.33. The number of nitrogens with zero attached hydrogens (tertiary/aromatic N) is 1. The monoisotopic (exact) mass is 219 g/mol. The molecule has 1 heterocycles. The van der Waals surface area contributed by atoms with Gasteiger partial charge in [-0.15, -0.1) is 0 Å². The van der Waals surface area contributed by atoms with Crippen LogP contribution in [0.25, 0.3) is 0 Å². The highest BCUT2D eigenvalue weighted by Crippen LogP contribution is 2.32. The Kier molecular flexibility index (Phi) is 3.31. The van der Waals surface area contributed by atoms with E-state index >= 15 is 0 Å². The van der Waals surface area contributed by atoms with Gasteiger partial charge in [-0.05, 0) is 18.5 Å². The fourth-order valence-corrected chi connectivity index (χ4v) is 2.29. The van der Waals surface area contributed by atoms with Crippen LogP contribution in [0.5, 0.6) is 0 Å².